The predicted octanol–water partition coefficient (Wildman–Crippen LogP) is 4.05. The van der Waals surface area contributed by atoms with Gasteiger partial charge in [-0.25, -0.2) is 8.42 Å². The lowest BCUT2D eigenvalue weighted by atomic mass is 10.2. The molecule has 20 heavy (non-hydrogen) atoms. The topological polar surface area (TPSA) is 37.4 Å². The van der Waals surface area contributed by atoms with Gasteiger partial charge in [0.05, 0.1) is 0 Å². The summed E-state index contributed by atoms with van der Waals surface area (Å²) in [5.41, 5.74) is 0.974. The lowest BCUT2D eigenvalue weighted by Crippen LogP contribution is -2.26. The molecule has 2 rings (SSSR count). The molecule has 0 spiro atoms. The van der Waals surface area contributed by atoms with Crippen LogP contribution in [0.2, 0.25) is 0 Å². The predicted molar refractivity (Wildman–Crippen MR) is 88.9 cm³/mol. The smallest absolute Gasteiger partial charge is 0.206 e. The molecule has 0 amide bonds. The summed E-state index contributed by atoms with van der Waals surface area (Å²) in [6.45, 7) is 0.362. The van der Waals surface area contributed by atoms with Crippen LogP contribution in [-0.4, -0.2) is 26.0 Å². The van der Waals surface area contributed by atoms with E-state index in [9.17, 15) is 8.42 Å². The molecule has 0 radical (unpaired) electrons. The Morgan fingerprint density at radius 1 is 1.25 bits per heavy atom. The van der Waals surface area contributed by atoms with Crippen molar-refractivity contribution in [2.24, 2.45) is 0 Å². The first-order chi connectivity index (χ1) is 9.45. The van der Waals surface area contributed by atoms with Crippen LogP contribution in [0.3, 0.4) is 0 Å². The normalized spacial score (nSPS) is 12.0. The Labute approximate surface area is 136 Å². The Kier molecular flexibility index (Phi) is 5.30. The molecule has 0 saturated carbocycles. The summed E-state index contributed by atoms with van der Waals surface area (Å²) in [4.78, 5) is 1.17. The Balaban J connectivity index is 2.19. The van der Waals surface area contributed by atoms with Gasteiger partial charge in [0.15, 0.2) is 0 Å². The Morgan fingerprint density at radius 3 is 2.40 bits per heavy atom. The van der Waals surface area contributed by atoms with E-state index in [4.69, 9.17) is 0 Å². The van der Waals surface area contributed by atoms with E-state index in [1.165, 1.54) is 20.5 Å². The van der Waals surface area contributed by atoms with E-state index < -0.39 is 10.0 Å². The molecule has 3 nitrogen and oxygen atoms in total. The van der Waals surface area contributed by atoms with E-state index >= 15 is 0 Å². The van der Waals surface area contributed by atoms with E-state index in [1.807, 2.05) is 30.5 Å². The average Bonchev–Trinajstić information content (AvgIpc) is 2.86. The largest absolute Gasteiger partial charge is 0.253 e. The van der Waals surface area contributed by atoms with Crippen LogP contribution in [0.15, 0.2) is 49.3 Å². The summed E-state index contributed by atoms with van der Waals surface area (Å²) in [5.74, 6) is 0. The summed E-state index contributed by atoms with van der Waals surface area (Å²) in [5, 5.41) is 1.76. The lowest BCUT2D eigenvalue weighted by Gasteiger charge is -2.16. The Hall–Kier alpha value is -0.340. The molecule has 7 heteroatoms. The summed E-state index contributed by atoms with van der Waals surface area (Å²) in [7, 11) is -1.84. The fourth-order valence-corrected chi connectivity index (χ4v) is 5.75. The minimum absolute atomic E-state index is 0.348. The fourth-order valence-electron chi connectivity index (χ4n) is 1.68. The molecule has 0 aliphatic rings. The molecule has 0 saturated heterocycles. The van der Waals surface area contributed by atoms with Crippen molar-refractivity contribution in [2.45, 2.75) is 15.6 Å². The maximum atomic E-state index is 12.4. The van der Waals surface area contributed by atoms with Crippen molar-refractivity contribution in [1.82, 2.24) is 4.31 Å². The van der Waals surface area contributed by atoms with Crippen LogP contribution in [0.1, 0.15) is 5.56 Å². The third kappa shape index (κ3) is 3.46. The third-order valence-corrected chi connectivity index (χ3v) is 7.99. The van der Waals surface area contributed by atoms with Gasteiger partial charge >= 0.3 is 0 Å². The van der Waals surface area contributed by atoms with Crippen molar-refractivity contribution in [3.8, 4) is 0 Å². The molecule has 1 heterocycles. The number of hydrogen-bond donors (Lipinski definition) is 0. The highest BCUT2D eigenvalue weighted by molar-refractivity contribution is 9.10. The van der Waals surface area contributed by atoms with Crippen LogP contribution in [0.25, 0.3) is 0 Å². The minimum Gasteiger partial charge on any atom is -0.206 e. The minimum atomic E-state index is -3.44. The first-order valence-electron chi connectivity index (χ1n) is 5.77. The van der Waals surface area contributed by atoms with Crippen molar-refractivity contribution >= 4 is 49.1 Å². The van der Waals surface area contributed by atoms with Crippen LogP contribution in [-0.2, 0) is 16.6 Å². The van der Waals surface area contributed by atoms with Crippen molar-refractivity contribution in [3.05, 3.63) is 45.7 Å². The summed E-state index contributed by atoms with van der Waals surface area (Å²) in [6.07, 6.45) is 2.01. The Bertz CT molecular complexity index is 680. The van der Waals surface area contributed by atoms with Gasteiger partial charge in [-0.1, -0.05) is 12.1 Å². The Morgan fingerprint density at radius 2 is 1.90 bits per heavy atom. The lowest BCUT2D eigenvalue weighted by molar-refractivity contribution is 0.468. The molecule has 108 valence electrons. The van der Waals surface area contributed by atoms with Gasteiger partial charge in [-0.15, -0.1) is 23.1 Å². The number of rotatable bonds is 5. The maximum Gasteiger partial charge on any atom is 0.253 e. The van der Waals surface area contributed by atoms with Crippen LogP contribution in [0.5, 0.6) is 0 Å². The number of halogens is 1. The first kappa shape index (κ1) is 16.0. The second-order valence-corrected chi connectivity index (χ2v) is 9.06. The van der Waals surface area contributed by atoms with Crippen molar-refractivity contribution in [3.63, 3.8) is 0 Å². The van der Waals surface area contributed by atoms with Crippen molar-refractivity contribution in [2.75, 3.05) is 13.3 Å². The van der Waals surface area contributed by atoms with E-state index in [0.29, 0.717) is 15.2 Å². The van der Waals surface area contributed by atoms with Gasteiger partial charge in [0.1, 0.15) is 4.21 Å². The highest BCUT2D eigenvalue weighted by Gasteiger charge is 2.24. The molecule has 0 N–H and O–H groups in total. The zero-order valence-electron chi connectivity index (χ0n) is 11.0. The monoisotopic (exact) mass is 391 g/mol. The van der Waals surface area contributed by atoms with Gasteiger partial charge in [-0.3, -0.25) is 0 Å². The molecule has 0 aliphatic heterocycles. The van der Waals surface area contributed by atoms with Crippen LogP contribution in [0, 0.1) is 0 Å². The van der Waals surface area contributed by atoms with Crippen LogP contribution >= 0.6 is 39.0 Å². The first-order valence-corrected chi connectivity index (χ1v) is 10.1. The summed E-state index contributed by atoms with van der Waals surface area (Å²) in [6, 6.07) is 9.67. The van der Waals surface area contributed by atoms with Crippen molar-refractivity contribution in [1.29, 1.82) is 0 Å². The molecule has 0 bridgehead atoms. The summed E-state index contributed by atoms with van der Waals surface area (Å²) < 4.78 is 27.2. The number of nitrogens with zero attached hydrogens (tertiary/aromatic N) is 1. The number of benzene rings is 1. The molecule has 0 unspecified atom stereocenters. The number of sulfonamides is 1. The molecule has 2 aromatic rings. The van der Waals surface area contributed by atoms with Crippen LogP contribution < -0.4 is 0 Å². The van der Waals surface area contributed by atoms with Gasteiger partial charge in [0, 0.05) is 23.0 Å². The third-order valence-electron chi connectivity index (χ3n) is 2.79. The maximum absolute atomic E-state index is 12.4. The molecular weight excluding hydrogens is 378 g/mol. The molecule has 0 aliphatic carbocycles. The zero-order chi connectivity index (χ0) is 14.8. The fraction of sp³-hybridized carbons (Fsp3) is 0.231. The van der Waals surface area contributed by atoms with Crippen LogP contribution in [0.4, 0.5) is 0 Å². The second kappa shape index (κ2) is 6.62. The SMILES string of the molecule is CSc1ccc(CN(C)S(=O)(=O)c2sccc2Br)cc1. The highest BCUT2D eigenvalue weighted by Crippen LogP contribution is 2.30. The molecular formula is C13H14BrNO2S3. The van der Waals surface area contributed by atoms with E-state index in [-0.39, 0.29) is 0 Å². The molecule has 0 fully saturated rings. The van der Waals surface area contributed by atoms with E-state index in [0.717, 1.165) is 5.56 Å². The second-order valence-electron chi connectivity index (χ2n) is 4.17. The number of thioether (sulfide) groups is 1. The zero-order valence-corrected chi connectivity index (χ0v) is 15.1. The van der Waals surface area contributed by atoms with E-state index in [1.54, 1.807) is 30.3 Å². The van der Waals surface area contributed by atoms with Gasteiger partial charge in [0.25, 0.3) is 10.0 Å². The summed E-state index contributed by atoms with van der Waals surface area (Å²) >= 11 is 6.16. The average molecular weight is 392 g/mol. The van der Waals surface area contributed by atoms with Gasteiger partial charge in [-0.05, 0) is 51.3 Å². The van der Waals surface area contributed by atoms with E-state index in [2.05, 4.69) is 15.9 Å². The standard InChI is InChI=1S/C13H14BrNO2S3/c1-15(9-10-3-5-11(18-2)6-4-10)20(16,17)13-12(14)7-8-19-13/h3-8H,9H2,1-2H3. The van der Waals surface area contributed by atoms with Crippen molar-refractivity contribution < 1.29 is 8.42 Å². The molecule has 0 atom stereocenters. The number of thiophene rings is 1. The molecule has 1 aromatic heterocycles. The highest BCUT2D eigenvalue weighted by atomic mass is 79.9. The van der Waals surface area contributed by atoms with Gasteiger partial charge in [-0.2, -0.15) is 4.31 Å². The molecule has 1 aromatic carbocycles. The number of hydrogen-bond acceptors (Lipinski definition) is 4. The van der Waals surface area contributed by atoms with Gasteiger partial charge in [0.2, 0.25) is 0 Å². The van der Waals surface area contributed by atoms with Gasteiger partial charge < -0.3 is 0 Å². The quantitative estimate of drug-likeness (QED) is 0.721.